The van der Waals surface area contributed by atoms with E-state index in [2.05, 4.69) is 46.0 Å². The number of nitriles is 1. The van der Waals surface area contributed by atoms with Gasteiger partial charge in [-0.2, -0.15) is 9.94 Å². The molecule has 0 aliphatic rings. The molecule has 0 unspecified atom stereocenters. The Kier molecular flexibility index (Phi) is 7.36. The molecule has 0 bridgehead atoms. The third-order valence-corrected chi connectivity index (χ3v) is 5.48. The fourth-order valence-corrected chi connectivity index (χ4v) is 3.06. The molecule has 8 heteroatoms. The summed E-state index contributed by atoms with van der Waals surface area (Å²) in [6, 6.07) is 10.3. The van der Waals surface area contributed by atoms with Gasteiger partial charge in [0.1, 0.15) is 5.54 Å². The molecule has 1 aromatic carbocycles. The van der Waals surface area contributed by atoms with Gasteiger partial charge in [0.2, 0.25) is 11.1 Å². The van der Waals surface area contributed by atoms with Crippen LogP contribution in [0.4, 0.5) is 0 Å². The largest absolute Gasteiger partial charge is 0.337 e. The smallest absolute Gasteiger partial charge is 0.231 e. The second-order valence-electron chi connectivity index (χ2n) is 6.95. The summed E-state index contributed by atoms with van der Waals surface area (Å²) in [7, 11) is 0. The van der Waals surface area contributed by atoms with Crippen LogP contribution in [-0.4, -0.2) is 37.4 Å². The highest BCUT2D eigenvalue weighted by Crippen LogP contribution is 2.20. The minimum Gasteiger partial charge on any atom is -0.337 e. The lowest BCUT2D eigenvalue weighted by atomic mass is 9.90. The molecule has 2 aromatic rings. The van der Waals surface area contributed by atoms with Crippen molar-refractivity contribution in [2.75, 3.05) is 5.75 Å². The quantitative estimate of drug-likeness (QED) is 0.665. The van der Waals surface area contributed by atoms with Gasteiger partial charge in [0.25, 0.3) is 0 Å². The highest BCUT2D eigenvalue weighted by atomic mass is 32.2. The highest BCUT2D eigenvalue weighted by Gasteiger charge is 2.30. The number of hydrogen-bond donors (Lipinski definition) is 1. The molecule has 1 aromatic heterocycles. The molecule has 0 aliphatic heterocycles. The zero-order chi connectivity index (χ0) is 19.9. The summed E-state index contributed by atoms with van der Waals surface area (Å²) < 4.78 is 1.62. The van der Waals surface area contributed by atoms with Crippen LogP contribution in [0.1, 0.15) is 46.1 Å². The highest BCUT2D eigenvalue weighted by molar-refractivity contribution is 7.99. The van der Waals surface area contributed by atoms with Crippen molar-refractivity contribution in [2.24, 2.45) is 5.92 Å². The molecule has 1 N–H and O–H groups in total. The zero-order valence-electron chi connectivity index (χ0n) is 16.3. The minimum atomic E-state index is -0.891. The lowest BCUT2D eigenvalue weighted by molar-refractivity contribution is -0.120. The number of carbonyl (C=O) groups is 1. The number of amides is 1. The van der Waals surface area contributed by atoms with Gasteiger partial charge in [-0.1, -0.05) is 51.1 Å². The molecule has 144 valence electrons. The second-order valence-corrected chi connectivity index (χ2v) is 7.89. The second kappa shape index (κ2) is 9.51. The molecule has 2 rings (SSSR count). The topological polar surface area (TPSA) is 96.5 Å². The summed E-state index contributed by atoms with van der Waals surface area (Å²) in [5, 5.41) is 24.4. The van der Waals surface area contributed by atoms with Crippen molar-refractivity contribution in [3.8, 4) is 11.8 Å². The van der Waals surface area contributed by atoms with E-state index < -0.39 is 5.54 Å². The van der Waals surface area contributed by atoms with Crippen LogP contribution in [-0.2, 0) is 11.2 Å². The van der Waals surface area contributed by atoms with E-state index in [1.807, 2.05) is 26.0 Å². The van der Waals surface area contributed by atoms with Gasteiger partial charge in [-0.05, 0) is 53.8 Å². The monoisotopic (exact) mass is 386 g/mol. The van der Waals surface area contributed by atoms with Crippen LogP contribution in [0.25, 0.3) is 5.69 Å². The molecule has 0 saturated carbocycles. The third-order valence-electron chi connectivity index (χ3n) is 4.56. The first kappa shape index (κ1) is 20.9. The van der Waals surface area contributed by atoms with E-state index in [-0.39, 0.29) is 17.6 Å². The van der Waals surface area contributed by atoms with E-state index in [0.717, 1.165) is 12.1 Å². The fourth-order valence-electron chi connectivity index (χ4n) is 2.37. The maximum Gasteiger partial charge on any atom is 0.231 e. The van der Waals surface area contributed by atoms with E-state index in [4.69, 9.17) is 0 Å². The standard InChI is InChI=1S/C19H26N6OS/c1-5-6-7-15-8-10-16(11-9-15)25-18(22-23-24-25)27-12-17(26)21-19(4,13-20)14(2)3/h8-11,14H,5-7,12H2,1-4H3,(H,21,26)/t19-/m0/s1. The van der Waals surface area contributed by atoms with Crippen LogP contribution < -0.4 is 5.32 Å². The van der Waals surface area contributed by atoms with Crippen molar-refractivity contribution < 1.29 is 4.79 Å². The van der Waals surface area contributed by atoms with Crippen LogP contribution in [0.3, 0.4) is 0 Å². The van der Waals surface area contributed by atoms with Crippen molar-refractivity contribution >= 4 is 17.7 Å². The minimum absolute atomic E-state index is 0.00740. The number of carbonyl (C=O) groups excluding carboxylic acids is 1. The van der Waals surface area contributed by atoms with Crippen molar-refractivity contribution in [1.82, 2.24) is 25.5 Å². The molecule has 0 spiro atoms. The first-order valence-electron chi connectivity index (χ1n) is 9.12. The van der Waals surface area contributed by atoms with Gasteiger partial charge in [-0.15, -0.1) is 5.10 Å². The van der Waals surface area contributed by atoms with E-state index >= 15 is 0 Å². The summed E-state index contributed by atoms with van der Waals surface area (Å²) in [6.45, 7) is 7.71. The molecule has 0 radical (unpaired) electrons. The van der Waals surface area contributed by atoms with Crippen LogP contribution in [0.15, 0.2) is 29.4 Å². The lowest BCUT2D eigenvalue weighted by Crippen LogP contribution is -2.49. The summed E-state index contributed by atoms with van der Waals surface area (Å²) in [6.07, 6.45) is 3.39. The Morgan fingerprint density at radius 1 is 1.37 bits per heavy atom. The third kappa shape index (κ3) is 5.54. The van der Waals surface area contributed by atoms with Crippen molar-refractivity contribution in [3.05, 3.63) is 29.8 Å². The van der Waals surface area contributed by atoms with Gasteiger partial charge in [-0.25, -0.2) is 0 Å². The molecule has 27 heavy (non-hydrogen) atoms. The van der Waals surface area contributed by atoms with Crippen molar-refractivity contribution in [1.29, 1.82) is 5.26 Å². The average molecular weight is 387 g/mol. The molecule has 7 nitrogen and oxygen atoms in total. The van der Waals surface area contributed by atoms with Crippen molar-refractivity contribution in [2.45, 2.75) is 57.7 Å². The Balaban J connectivity index is 2.01. The average Bonchev–Trinajstić information content (AvgIpc) is 3.13. The molecule has 1 atom stereocenters. The first-order chi connectivity index (χ1) is 12.9. The number of rotatable bonds is 9. The van der Waals surface area contributed by atoms with E-state index in [9.17, 15) is 10.1 Å². The number of aryl methyl sites for hydroxylation is 1. The maximum atomic E-state index is 12.2. The molecular weight excluding hydrogens is 360 g/mol. The number of benzene rings is 1. The predicted molar refractivity (Wildman–Crippen MR) is 105 cm³/mol. The Labute approximate surface area is 164 Å². The number of hydrogen-bond acceptors (Lipinski definition) is 6. The SMILES string of the molecule is CCCCc1ccc(-n2nnnc2SCC(=O)N[C@@](C)(C#N)C(C)C)cc1. The Morgan fingerprint density at radius 2 is 2.07 bits per heavy atom. The number of tetrazole rings is 1. The predicted octanol–water partition coefficient (Wildman–Crippen LogP) is 3.15. The first-order valence-corrected chi connectivity index (χ1v) is 10.1. The molecule has 1 amide bonds. The number of nitrogens with one attached hydrogen (secondary N) is 1. The lowest BCUT2D eigenvalue weighted by Gasteiger charge is -2.27. The van der Waals surface area contributed by atoms with Gasteiger partial charge in [0.15, 0.2) is 0 Å². The van der Waals surface area contributed by atoms with Crippen molar-refractivity contribution in [3.63, 3.8) is 0 Å². The van der Waals surface area contributed by atoms with Gasteiger partial charge >= 0.3 is 0 Å². The van der Waals surface area contributed by atoms with Gasteiger partial charge in [0, 0.05) is 0 Å². The van der Waals surface area contributed by atoms with E-state index in [0.29, 0.717) is 5.16 Å². The molecular formula is C19H26N6OS. The number of thioether (sulfide) groups is 1. The van der Waals surface area contributed by atoms with Crippen LogP contribution in [0.2, 0.25) is 0 Å². The summed E-state index contributed by atoms with van der Waals surface area (Å²) in [4.78, 5) is 12.2. The molecule has 0 fully saturated rings. The number of nitrogens with zero attached hydrogens (tertiary/aromatic N) is 5. The molecule has 0 aliphatic carbocycles. The molecule has 0 saturated heterocycles. The Morgan fingerprint density at radius 3 is 2.67 bits per heavy atom. The van der Waals surface area contributed by atoms with Crippen LogP contribution >= 0.6 is 11.8 Å². The van der Waals surface area contributed by atoms with Gasteiger partial charge < -0.3 is 5.32 Å². The Hall–Kier alpha value is -2.40. The summed E-state index contributed by atoms with van der Waals surface area (Å²) >= 11 is 1.24. The van der Waals surface area contributed by atoms with E-state index in [1.54, 1.807) is 11.6 Å². The zero-order valence-corrected chi connectivity index (χ0v) is 17.1. The Bertz CT molecular complexity index is 795. The van der Waals surface area contributed by atoms with Gasteiger partial charge in [0.05, 0.1) is 17.5 Å². The van der Waals surface area contributed by atoms with Crippen LogP contribution in [0.5, 0.6) is 0 Å². The summed E-state index contributed by atoms with van der Waals surface area (Å²) in [5.74, 6) is -0.0749. The maximum absolute atomic E-state index is 12.2. The molecule has 1 heterocycles. The summed E-state index contributed by atoms with van der Waals surface area (Å²) in [5.41, 5.74) is 1.25. The van der Waals surface area contributed by atoms with E-state index in [1.165, 1.54) is 30.2 Å². The number of unbranched alkanes of at least 4 members (excludes halogenated alkanes) is 1. The normalized spacial score (nSPS) is 13.2. The number of aromatic nitrogens is 4. The van der Waals surface area contributed by atoms with Gasteiger partial charge in [-0.3, -0.25) is 4.79 Å². The fraction of sp³-hybridized carbons (Fsp3) is 0.526. The van der Waals surface area contributed by atoms with Crippen LogP contribution in [0, 0.1) is 17.2 Å².